The molecular formula is C10H17NO. The first-order valence-corrected chi connectivity index (χ1v) is 4.85. The van der Waals surface area contributed by atoms with Crippen LogP contribution < -0.4 is 0 Å². The van der Waals surface area contributed by atoms with Crippen molar-refractivity contribution < 1.29 is 5.11 Å². The second-order valence-electron chi connectivity index (χ2n) is 4.02. The van der Waals surface area contributed by atoms with Gasteiger partial charge in [-0.15, -0.1) is 0 Å². The molecule has 1 aliphatic carbocycles. The van der Waals surface area contributed by atoms with Crippen molar-refractivity contribution in [1.29, 1.82) is 0 Å². The third-order valence-electron chi connectivity index (χ3n) is 3.04. The normalized spacial score (nSPS) is 32.0. The quantitative estimate of drug-likeness (QED) is 0.547. The number of nitrogens with zero attached hydrogens (tertiary/aromatic N) is 1. The van der Waals surface area contributed by atoms with Crippen LogP contribution in [0.3, 0.4) is 0 Å². The molecule has 0 fully saturated rings. The van der Waals surface area contributed by atoms with Crippen LogP contribution >= 0.6 is 0 Å². The summed E-state index contributed by atoms with van der Waals surface area (Å²) in [5.74, 6) is 0. The highest BCUT2D eigenvalue weighted by Crippen LogP contribution is 2.30. The molecule has 1 N–H and O–H groups in total. The van der Waals surface area contributed by atoms with E-state index in [0.29, 0.717) is 0 Å². The Hall–Kier alpha value is -0.340. The first-order valence-electron chi connectivity index (χ1n) is 4.85. The van der Waals surface area contributed by atoms with E-state index in [4.69, 9.17) is 0 Å². The molecule has 2 aliphatic rings. The minimum atomic E-state index is -0.109. The molecule has 1 aliphatic heterocycles. The van der Waals surface area contributed by atoms with E-state index in [-0.39, 0.29) is 6.10 Å². The van der Waals surface area contributed by atoms with Gasteiger partial charge < -0.3 is 10.0 Å². The number of aliphatic hydroxyl groups excluding tert-OH is 1. The Morgan fingerprint density at radius 1 is 1.42 bits per heavy atom. The molecule has 2 rings (SSSR count). The summed E-state index contributed by atoms with van der Waals surface area (Å²) in [6.07, 6.45) is 4.36. The summed E-state index contributed by atoms with van der Waals surface area (Å²) in [5.41, 5.74) is 2.88. The van der Waals surface area contributed by atoms with Gasteiger partial charge in [-0.05, 0) is 38.3 Å². The van der Waals surface area contributed by atoms with Gasteiger partial charge >= 0.3 is 0 Å². The average Bonchev–Trinajstić information content (AvgIpc) is 2.04. The molecule has 0 saturated heterocycles. The van der Waals surface area contributed by atoms with E-state index in [0.717, 1.165) is 25.9 Å². The molecule has 0 aromatic heterocycles. The summed E-state index contributed by atoms with van der Waals surface area (Å²) < 4.78 is 0. The van der Waals surface area contributed by atoms with Crippen molar-refractivity contribution in [2.45, 2.75) is 31.8 Å². The molecule has 68 valence electrons. The third-order valence-corrected chi connectivity index (χ3v) is 3.04. The van der Waals surface area contributed by atoms with E-state index in [1.807, 2.05) is 0 Å². The van der Waals surface area contributed by atoms with Crippen LogP contribution in [0.15, 0.2) is 11.1 Å². The average molecular weight is 167 g/mol. The fourth-order valence-corrected chi connectivity index (χ4v) is 2.32. The van der Waals surface area contributed by atoms with E-state index < -0.39 is 0 Å². The van der Waals surface area contributed by atoms with Crippen LogP contribution in [0, 0.1) is 0 Å². The van der Waals surface area contributed by atoms with Crippen LogP contribution in [0.5, 0.6) is 0 Å². The SMILES string of the molecule is CN1CCC2=C(CCCC2O)C1. The molecule has 0 aromatic carbocycles. The van der Waals surface area contributed by atoms with Gasteiger partial charge in [-0.25, -0.2) is 0 Å². The largest absolute Gasteiger partial charge is 0.389 e. The van der Waals surface area contributed by atoms with Crippen molar-refractivity contribution in [3.05, 3.63) is 11.1 Å². The summed E-state index contributed by atoms with van der Waals surface area (Å²) in [6, 6.07) is 0. The zero-order valence-electron chi connectivity index (χ0n) is 7.71. The lowest BCUT2D eigenvalue weighted by atomic mass is 9.85. The van der Waals surface area contributed by atoms with Gasteiger partial charge in [-0.3, -0.25) is 0 Å². The van der Waals surface area contributed by atoms with E-state index >= 15 is 0 Å². The van der Waals surface area contributed by atoms with Gasteiger partial charge in [-0.1, -0.05) is 5.57 Å². The third kappa shape index (κ3) is 1.41. The van der Waals surface area contributed by atoms with Crippen LogP contribution in [0.4, 0.5) is 0 Å². The molecule has 1 heterocycles. The maximum absolute atomic E-state index is 9.71. The predicted molar refractivity (Wildman–Crippen MR) is 49.0 cm³/mol. The van der Waals surface area contributed by atoms with E-state index in [1.165, 1.54) is 24.0 Å². The maximum atomic E-state index is 9.71. The zero-order valence-corrected chi connectivity index (χ0v) is 7.71. The molecule has 0 bridgehead atoms. The molecule has 1 unspecified atom stereocenters. The van der Waals surface area contributed by atoms with E-state index in [9.17, 15) is 5.11 Å². The van der Waals surface area contributed by atoms with Crippen LogP contribution in [0.1, 0.15) is 25.7 Å². The van der Waals surface area contributed by atoms with E-state index in [2.05, 4.69) is 11.9 Å². The van der Waals surface area contributed by atoms with Crippen LogP contribution in [0.25, 0.3) is 0 Å². The minimum absolute atomic E-state index is 0.109. The number of hydrogen-bond acceptors (Lipinski definition) is 2. The summed E-state index contributed by atoms with van der Waals surface area (Å²) >= 11 is 0. The topological polar surface area (TPSA) is 23.5 Å². The van der Waals surface area contributed by atoms with Crippen molar-refractivity contribution in [2.75, 3.05) is 20.1 Å². The molecular weight excluding hydrogens is 150 g/mol. The molecule has 12 heavy (non-hydrogen) atoms. The molecule has 1 atom stereocenters. The minimum Gasteiger partial charge on any atom is -0.389 e. The number of likely N-dealkylation sites (N-methyl/N-ethyl adjacent to an activating group) is 1. The Balaban J connectivity index is 2.18. The van der Waals surface area contributed by atoms with Crippen LogP contribution in [-0.4, -0.2) is 36.2 Å². The molecule has 0 spiro atoms. The first-order chi connectivity index (χ1) is 5.77. The van der Waals surface area contributed by atoms with Crippen LogP contribution in [-0.2, 0) is 0 Å². The van der Waals surface area contributed by atoms with Gasteiger partial charge in [0.05, 0.1) is 6.10 Å². The highest BCUT2D eigenvalue weighted by molar-refractivity contribution is 5.24. The van der Waals surface area contributed by atoms with Gasteiger partial charge in [0.25, 0.3) is 0 Å². The van der Waals surface area contributed by atoms with E-state index in [1.54, 1.807) is 0 Å². The van der Waals surface area contributed by atoms with Crippen LogP contribution in [0.2, 0.25) is 0 Å². The molecule has 0 saturated carbocycles. The fourth-order valence-electron chi connectivity index (χ4n) is 2.32. The Morgan fingerprint density at radius 3 is 3.08 bits per heavy atom. The highest BCUT2D eigenvalue weighted by atomic mass is 16.3. The Labute approximate surface area is 73.9 Å². The molecule has 2 heteroatoms. The highest BCUT2D eigenvalue weighted by Gasteiger charge is 2.24. The van der Waals surface area contributed by atoms with Crippen molar-refractivity contribution in [3.8, 4) is 0 Å². The first kappa shape index (κ1) is 8.27. The van der Waals surface area contributed by atoms with Crippen molar-refractivity contribution in [3.63, 3.8) is 0 Å². The maximum Gasteiger partial charge on any atom is 0.0753 e. The monoisotopic (exact) mass is 167 g/mol. The number of rotatable bonds is 0. The summed E-state index contributed by atoms with van der Waals surface area (Å²) in [6.45, 7) is 2.21. The van der Waals surface area contributed by atoms with Gasteiger partial charge in [0.1, 0.15) is 0 Å². The lowest BCUT2D eigenvalue weighted by Gasteiger charge is -2.33. The van der Waals surface area contributed by atoms with Gasteiger partial charge in [0.15, 0.2) is 0 Å². The van der Waals surface area contributed by atoms with Gasteiger partial charge in [-0.2, -0.15) is 0 Å². The number of hydrogen-bond donors (Lipinski definition) is 1. The summed E-state index contributed by atoms with van der Waals surface area (Å²) in [4.78, 5) is 2.34. The predicted octanol–water partition coefficient (Wildman–Crippen LogP) is 1.16. The van der Waals surface area contributed by atoms with Crippen molar-refractivity contribution in [1.82, 2.24) is 4.90 Å². The van der Waals surface area contributed by atoms with Crippen molar-refractivity contribution in [2.24, 2.45) is 0 Å². The second kappa shape index (κ2) is 3.19. The molecule has 0 radical (unpaired) electrons. The standard InChI is InChI=1S/C10H17NO/c1-11-6-5-9-8(7-11)3-2-4-10(9)12/h10,12H,2-7H2,1H3. The Kier molecular flexibility index (Phi) is 2.20. The zero-order chi connectivity index (χ0) is 8.55. The lowest BCUT2D eigenvalue weighted by molar-refractivity contribution is 0.171. The Morgan fingerprint density at radius 2 is 2.25 bits per heavy atom. The second-order valence-corrected chi connectivity index (χ2v) is 4.02. The molecule has 2 nitrogen and oxygen atoms in total. The summed E-state index contributed by atoms with van der Waals surface area (Å²) in [5, 5.41) is 9.71. The fraction of sp³-hybridized carbons (Fsp3) is 0.800. The smallest absolute Gasteiger partial charge is 0.0753 e. The molecule has 0 amide bonds. The van der Waals surface area contributed by atoms with Gasteiger partial charge in [0, 0.05) is 13.1 Å². The van der Waals surface area contributed by atoms with Gasteiger partial charge in [0.2, 0.25) is 0 Å². The summed E-state index contributed by atoms with van der Waals surface area (Å²) in [7, 11) is 2.16. The number of aliphatic hydroxyl groups is 1. The lowest BCUT2D eigenvalue weighted by Crippen LogP contribution is -2.33. The Bertz CT molecular complexity index is 210. The van der Waals surface area contributed by atoms with Crippen molar-refractivity contribution >= 4 is 0 Å². The molecule has 0 aromatic rings.